The van der Waals surface area contributed by atoms with E-state index in [0.29, 0.717) is 5.02 Å². The van der Waals surface area contributed by atoms with Crippen molar-refractivity contribution in [2.24, 2.45) is 0 Å². The number of hydrogen-bond acceptors (Lipinski definition) is 2. The minimum atomic E-state index is -0.393. The Bertz CT molecular complexity index is 531. The van der Waals surface area contributed by atoms with E-state index in [4.69, 9.17) is 11.6 Å². The highest BCUT2D eigenvalue weighted by molar-refractivity contribution is 6.30. The van der Waals surface area contributed by atoms with Crippen LogP contribution >= 0.6 is 11.6 Å². The number of para-hydroxylation sites is 1. The first-order chi connectivity index (χ1) is 8.29. The first kappa shape index (κ1) is 11.5. The van der Waals surface area contributed by atoms with Crippen LogP contribution in [0.4, 0.5) is 5.69 Å². The average Bonchev–Trinajstić information content (AvgIpc) is 2.37. The summed E-state index contributed by atoms with van der Waals surface area (Å²) >= 11 is 5.91. The quantitative estimate of drug-likeness (QED) is 0.883. The van der Waals surface area contributed by atoms with Gasteiger partial charge in [0.2, 0.25) is 0 Å². The molecule has 0 fully saturated rings. The molecule has 0 aliphatic heterocycles. The fraction of sp³-hybridized carbons (Fsp3) is 0.0714. The van der Waals surface area contributed by atoms with Gasteiger partial charge in [-0.3, -0.25) is 0 Å². The van der Waals surface area contributed by atoms with E-state index in [-0.39, 0.29) is 0 Å². The number of anilines is 1. The Balaban J connectivity index is 2.21. The molecule has 2 aromatic carbocycles. The monoisotopic (exact) mass is 242 g/mol. The van der Waals surface area contributed by atoms with Crippen molar-refractivity contribution in [2.75, 3.05) is 5.32 Å². The lowest BCUT2D eigenvalue weighted by Crippen LogP contribution is -2.08. The summed E-state index contributed by atoms with van der Waals surface area (Å²) in [5, 5.41) is 13.0. The van der Waals surface area contributed by atoms with Crippen LogP contribution in [0.3, 0.4) is 0 Å². The molecule has 0 aliphatic rings. The van der Waals surface area contributed by atoms with Crippen molar-refractivity contribution >= 4 is 17.3 Å². The smallest absolute Gasteiger partial charge is 0.140 e. The van der Waals surface area contributed by atoms with Gasteiger partial charge in [-0.15, -0.1) is 0 Å². The topological polar surface area (TPSA) is 35.8 Å². The number of nitriles is 1. The fourth-order valence-electron chi connectivity index (χ4n) is 1.58. The summed E-state index contributed by atoms with van der Waals surface area (Å²) < 4.78 is 0. The molecule has 2 aromatic rings. The minimum Gasteiger partial charge on any atom is -0.366 e. The lowest BCUT2D eigenvalue weighted by molar-refractivity contribution is 0.998. The third-order valence-corrected chi connectivity index (χ3v) is 2.63. The summed E-state index contributed by atoms with van der Waals surface area (Å²) in [6.45, 7) is 0. The van der Waals surface area contributed by atoms with Crippen LogP contribution in [0.2, 0.25) is 5.02 Å². The number of nitrogens with one attached hydrogen (secondary N) is 1. The van der Waals surface area contributed by atoms with Crippen LogP contribution in [0, 0.1) is 11.3 Å². The summed E-state index contributed by atoms with van der Waals surface area (Å²) in [5.74, 6) is 0. The molecular formula is C14H11ClN2. The van der Waals surface area contributed by atoms with Gasteiger partial charge >= 0.3 is 0 Å². The van der Waals surface area contributed by atoms with Gasteiger partial charge in [0, 0.05) is 10.7 Å². The molecule has 17 heavy (non-hydrogen) atoms. The molecule has 0 amide bonds. The predicted octanol–water partition coefficient (Wildman–Crippen LogP) is 4.02. The largest absolute Gasteiger partial charge is 0.366 e. The Kier molecular flexibility index (Phi) is 3.64. The van der Waals surface area contributed by atoms with Gasteiger partial charge in [0.1, 0.15) is 6.04 Å². The Hall–Kier alpha value is -1.98. The lowest BCUT2D eigenvalue weighted by atomic mass is 10.1. The van der Waals surface area contributed by atoms with Gasteiger partial charge in [-0.25, -0.2) is 0 Å². The molecule has 1 N–H and O–H groups in total. The van der Waals surface area contributed by atoms with E-state index in [1.54, 1.807) is 12.1 Å². The molecule has 2 rings (SSSR count). The molecule has 0 radical (unpaired) electrons. The van der Waals surface area contributed by atoms with Gasteiger partial charge in [-0.1, -0.05) is 41.9 Å². The Labute approximate surface area is 105 Å². The first-order valence-electron chi connectivity index (χ1n) is 5.26. The Morgan fingerprint density at radius 2 is 1.82 bits per heavy atom. The fourth-order valence-corrected chi connectivity index (χ4v) is 1.78. The van der Waals surface area contributed by atoms with Crippen LogP contribution in [0.5, 0.6) is 0 Å². The van der Waals surface area contributed by atoms with Gasteiger partial charge in [0.15, 0.2) is 0 Å². The van der Waals surface area contributed by atoms with Crippen molar-refractivity contribution in [3.05, 3.63) is 65.2 Å². The second-order valence-electron chi connectivity index (χ2n) is 3.63. The van der Waals surface area contributed by atoms with Crippen molar-refractivity contribution < 1.29 is 0 Å². The van der Waals surface area contributed by atoms with Gasteiger partial charge in [0.05, 0.1) is 6.07 Å². The van der Waals surface area contributed by atoms with Crippen LogP contribution in [0.15, 0.2) is 54.6 Å². The zero-order valence-electron chi connectivity index (χ0n) is 9.10. The van der Waals surface area contributed by atoms with Crippen molar-refractivity contribution in [1.29, 1.82) is 5.26 Å². The number of halogens is 1. The summed E-state index contributed by atoms with van der Waals surface area (Å²) in [5.41, 5.74) is 1.78. The summed E-state index contributed by atoms with van der Waals surface area (Å²) in [6.07, 6.45) is 0. The number of benzene rings is 2. The van der Waals surface area contributed by atoms with Crippen LogP contribution in [-0.2, 0) is 0 Å². The van der Waals surface area contributed by atoms with Crippen molar-refractivity contribution in [3.8, 4) is 6.07 Å². The van der Waals surface area contributed by atoms with Crippen molar-refractivity contribution in [2.45, 2.75) is 6.04 Å². The van der Waals surface area contributed by atoms with Gasteiger partial charge < -0.3 is 5.32 Å². The van der Waals surface area contributed by atoms with E-state index in [1.807, 2.05) is 42.5 Å². The molecule has 1 atom stereocenters. The van der Waals surface area contributed by atoms with Gasteiger partial charge in [-0.05, 0) is 29.8 Å². The van der Waals surface area contributed by atoms with E-state index in [1.165, 1.54) is 0 Å². The maximum absolute atomic E-state index is 9.18. The summed E-state index contributed by atoms with van der Waals surface area (Å²) in [7, 11) is 0. The molecule has 3 heteroatoms. The molecule has 0 aromatic heterocycles. The Morgan fingerprint density at radius 1 is 1.06 bits per heavy atom. The molecule has 1 unspecified atom stereocenters. The number of rotatable bonds is 3. The molecule has 0 saturated heterocycles. The first-order valence-corrected chi connectivity index (χ1v) is 5.64. The highest BCUT2D eigenvalue weighted by atomic mass is 35.5. The second kappa shape index (κ2) is 5.38. The van der Waals surface area contributed by atoms with Crippen LogP contribution in [0.1, 0.15) is 11.6 Å². The Morgan fingerprint density at radius 3 is 2.47 bits per heavy atom. The zero-order valence-corrected chi connectivity index (χ0v) is 9.85. The lowest BCUT2D eigenvalue weighted by Gasteiger charge is -2.13. The van der Waals surface area contributed by atoms with Crippen LogP contribution in [-0.4, -0.2) is 0 Å². The van der Waals surface area contributed by atoms with Gasteiger partial charge in [-0.2, -0.15) is 5.26 Å². The van der Waals surface area contributed by atoms with E-state index in [0.717, 1.165) is 11.3 Å². The molecule has 0 spiro atoms. The molecule has 0 heterocycles. The van der Waals surface area contributed by atoms with Gasteiger partial charge in [0.25, 0.3) is 0 Å². The highest BCUT2D eigenvalue weighted by Crippen LogP contribution is 2.21. The molecule has 0 aliphatic carbocycles. The SMILES string of the molecule is N#CC(Nc1ccccc1)c1cccc(Cl)c1. The van der Waals surface area contributed by atoms with Crippen LogP contribution < -0.4 is 5.32 Å². The molecule has 2 nitrogen and oxygen atoms in total. The standard InChI is InChI=1S/C14H11ClN2/c15-12-6-4-5-11(9-12)14(10-16)17-13-7-2-1-3-8-13/h1-9,14,17H. The van der Waals surface area contributed by atoms with E-state index < -0.39 is 6.04 Å². The van der Waals surface area contributed by atoms with Crippen LogP contribution in [0.25, 0.3) is 0 Å². The molecule has 84 valence electrons. The zero-order chi connectivity index (χ0) is 12.1. The average molecular weight is 243 g/mol. The minimum absolute atomic E-state index is 0.393. The maximum Gasteiger partial charge on any atom is 0.140 e. The van der Waals surface area contributed by atoms with Crippen molar-refractivity contribution in [1.82, 2.24) is 0 Å². The third kappa shape index (κ3) is 2.99. The highest BCUT2D eigenvalue weighted by Gasteiger charge is 2.09. The van der Waals surface area contributed by atoms with E-state index >= 15 is 0 Å². The number of nitrogens with zero attached hydrogens (tertiary/aromatic N) is 1. The molecule has 0 bridgehead atoms. The second-order valence-corrected chi connectivity index (χ2v) is 4.06. The summed E-state index contributed by atoms with van der Waals surface area (Å²) in [6, 6.07) is 18.8. The number of hydrogen-bond donors (Lipinski definition) is 1. The summed E-state index contributed by atoms with van der Waals surface area (Å²) in [4.78, 5) is 0. The maximum atomic E-state index is 9.18. The molecular weight excluding hydrogens is 232 g/mol. The molecule has 0 saturated carbocycles. The van der Waals surface area contributed by atoms with E-state index in [9.17, 15) is 5.26 Å². The normalized spacial score (nSPS) is 11.5. The predicted molar refractivity (Wildman–Crippen MR) is 69.9 cm³/mol. The van der Waals surface area contributed by atoms with Crippen molar-refractivity contribution in [3.63, 3.8) is 0 Å². The third-order valence-electron chi connectivity index (χ3n) is 2.40. The van der Waals surface area contributed by atoms with E-state index in [2.05, 4.69) is 11.4 Å².